The van der Waals surface area contributed by atoms with Gasteiger partial charge in [0.2, 0.25) is 0 Å². The van der Waals surface area contributed by atoms with Crippen molar-refractivity contribution in [3.8, 4) is 0 Å². The number of phosphoric acid groups is 1. The van der Waals surface area contributed by atoms with Gasteiger partial charge >= 0.3 is 13.8 Å². The summed E-state index contributed by atoms with van der Waals surface area (Å²) < 4.78 is 34.3. The first-order valence-corrected chi connectivity index (χ1v) is 27.8. The molecule has 0 spiro atoms. The van der Waals surface area contributed by atoms with E-state index in [1.807, 2.05) is 0 Å². The van der Waals surface area contributed by atoms with Crippen molar-refractivity contribution in [3.05, 3.63) is 36.5 Å². The normalized spacial score (nSPS) is 21.8. The summed E-state index contributed by atoms with van der Waals surface area (Å²) in [4.78, 5) is 23.2. The van der Waals surface area contributed by atoms with Gasteiger partial charge < -0.3 is 39.9 Å². The molecule has 0 aliphatic heterocycles. The Bertz CT molecular complexity index is 1210. The number of ether oxygens (including phenoxy) is 2. The molecule has 6 atom stereocenters. The van der Waals surface area contributed by atoms with Crippen LogP contribution in [0.5, 0.6) is 0 Å². The van der Waals surface area contributed by atoms with Gasteiger partial charge in [0.15, 0.2) is 0 Å². The Morgan fingerprint density at radius 2 is 0.908 bits per heavy atom. The second kappa shape index (κ2) is 42.6. The van der Waals surface area contributed by atoms with E-state index in [-0.39, 0.29) is 13.0 Å². The van der Waals surface area contributed by atoms with Crippen LogP contribution >= 0.6 is 7.82 Å². The van der Waals surface area contributed by atoms with E-state index in [9.17, 15) is 39.8 Å². The third-order valence-electron chi connectivity index (χ3n) is 12.3. The first kappa shape index (κ1) is 61.6. The van der Waals surface area contributed by atoms with Crippen LogP contribution in [-0.2, 0) is 27.9 Å². The molecule has 1 aliphatic carbocycles. The van der Waals surface area contributed by atoms with Gasteiger partial charge in [0.05, 0.1) is 13.2 Å². The maximum atomic E-state index is 12.9. The monoisotopic (exact) mass is 945 g/mol. The largest absolute Gasteiger partial charge is 0.472 e. The number of unbranched alkanes of at least 4 members (excludes halogenated alkanes) is 27. The van der Waals surface area contributed by atoms with E-state index in [2.05, 4.69) is 50.3 Å². The SMILES string of the molecule is CC/C=C\C/C=C\C/C=C\CCCCCCCCCC(=O)OC(COCCCCCCCCCCCCCCCCCCCCCCC)COP(=O)(O)OC1C(O)C(O)C(O)C(O)C1O. The zero-order valence-corrected chi connectivity index (χ0v) is 41.9. The van der Waals surface area contributed by atoms with Crippen LogP contribution < -0.4 is 0 Å². The molecule has 0 radical (unpaired) electrons. The highest BCUT2D eigenvalue weighted by atomic mass is 31.2. The maximum Gasteiger partial charge on any atom is 0.472 e. The third-order valence-corrected chi connectivity index (χ3v) is 13.3. The molecule has 6 unspecified atom stereocenters. The molecule has 0 aromatic carbocycles. The lowest BCUT2D eigenvalue weighted by Gasteiger charge is -2.41. The number of esters is 1. The molecule has 382 valence electrons. The summed E-state index contributed by atoms with van der Waals surface area (Å²) in [6.45, 7) is 4.18. The summed E-state index contributed by atoms with van der Waals surface area (Å²) in [5.74, 6) is -0.484. The molecular weight excluding hydrogens is 848 g/mol. The van der Waals surface area contributed by atoms with Gasteiger partial charge in [0.1, 0.15) is 42.7 Å². The Hall–Kier alpha value is -1.44. The van der Waals surface area contributed by atoms with Gasteiger partial charge in [-0.1, -0.05) is 211 Å². The van der Waals surface area contributed by atoms with Crippen LogP contribution in [0.1, 0.15) is 226 Å². The average molecular weight is 945 g/mol. The first-order chi connectivity index (χ1) is 31.5. The van der Waals surface area contributed by atoms with Crippen molar-refractivity contribution in [2.45, 2.75) is 268 Å². The number of phosphoric ester groups is 1. The Morgan fingerprint density at radius 3 is 1.38 bits per heavy atom. The van der Waals surface area contributed by atoms with Crippen molar-refractivity contribution in [3.63, 3.8) is 0 Å². The fourth-order valence-corrected chi connectivity index (χ4v) is 9.11. The molecule has 0 aromatic heterocycles. The molecule has 1 saturated carbocycles. The molecule has 0 amide bonds. The highest BCUT2D eigenvalue weighted by molar-refractivity contribution is 7.47. The molecule has 12 nitrogen and oxygen atoms in total. The minimum absolute atomic E-state index is 0.0776. The van der Waals surface area contributed by atoms with Crippen LogP contribution in [0, 0.1) is 0 Å². The Morgan fingerprint density at radius 1 is 0.508 bits per heavy atom. The van der Waals surface area contributed by atoms with Crippen molar-refractivity contribution in [2.75, 3.05) is 19.8 Å². The van der Waals surface area contributed by atoms with Crippen molar-refractivity contribution >= 4 is 13.8 Å². The van der Waals surface area contributed by atoms with Gasteiger partial charge in [-0.2, -0.15) is 0 Å². The number of aliphatic hydroxyl groups is 5. The van der Waals surface area contributed by atoms with Gasteiger partial charge in [-0.15, -0.1) is 0 Å². The highest BCUT2D eigenvalue weighted by Gasteiger charge is 2.51. The zero-order chi connectivity index (χ0) is 47.6. The van der Waals surface area contributed by atoms with Crippen LogP contribution in [-0.4, -0.2) is 98.9 Å². The number of hydrogen-bond donors (Lipinski definition) is 6. The van der Waals surface area contributed by atoms with E-state index < -0.39 is 63.1 Å². The molecule has 0 aromatic rings. The Kier molecular flexibility index (Phi) is 40.4. The third kappa shape index (κ3) is 34.5. The standard InChI is InChI=1S/C52H97O12P/c1-3-5-7-9-11-13-15-17-19-21-22-23-24-26-28-30-32-34-36-38-40-42-61-43-45(44-62-65(59,60)64-52-50(57)48(55)47(54)49(56)51(52)58)63-46(53)41-39-37-35-33-31-29-27-25-20-18-16-14-12-10-8-6-4-2/h6,8,12,14,18,20,45,47-52,54-58H,3-5,7,9-11,13,15-17,19,21-44H2,1-2H3,(H,59,60)/b8-6-,14-12-,20-18-. The van der Waals surface area contributed by atoms with Crippen LogP contribution in [0.3, 0.4) is 0 Å². The molecule has 1 rings (SSSR count). The number of carbonyl (C=O) groups excluding carboxylic acids is 1. The Labute approximate surface area is 395 Å². The summed E-state index contributed by atoms with van der Waals surface area (Å²) in [6.07, 6.45) is 39.3. The highest BCUT2D eigenvalue weighted by Crippen LogP contribution is 2.47. The van der Waals surface area contributed by atoms with Gasteiger partial charge in [-0.3, -0.25) is 13.8 Å². The van der Waals surface area contributed by atoms with Crippen LogP contribution in [0.4, 0.5) is 0 Å². The molecule has 0 heterocycles. The molecule has 0 bridgehead atoms. The van der Waals surface area contributed by atoms with Crippen LogP contribution in [0.25, 0.3) is 0 Å². The number of aliphatic hydroxyl groups excluding tert-OH is 5. The molecule has 65 heavy (non-hydrogen) atoms. The quantitative estimate of drug-likeness (QED) is 0.0147. The number of carbonyl (C=O) groups is 1. The fourth-order valence-electron chi connectivity index (χ4n) is 8.14. The molecule has 6 N–H and O–H groups in total. The van der Waals surface area contributed by atoms with Crippen molar-refractivity contribution in [1.82, 2.24) is 0 Å². The number of rotatable bonds is 45. The summed E-state index contributed by atoms with van der Waals surface area (Å²) in [6, 6.07) is 0. The van der Waals surface area contributed by atoms with Crippen LogP contribution in [0.15, 0.2) is 36.5 Å². The first-order valence-electron chi connectivity index (χ1n) is 26.3. The minimum Gasteiger partial charge on any atom is -0.457 e. The van der Waals surface area contributed by atoms with Crippen molar-refractivity contribution < 1.29 is 58.3 Å². The second-order valence-electron chi connectivity index (χ2n) is 18.4. The maximum absolute atomic E-state index is 12.9. The predicted octanol–water partition coefficient (Wildman–Crippen LogP) is 11.8. The fraction of sp³-hybridized carbons (Fsp3) is 0.865. The van der Waals surface area contributed by atoms with Gasteiger partial charge in [-0.05, 0) is 44.9 Å². The zero-order valence-electron chi connectivity index (χ0n) is 41.0. The lowest BCUT2D eigenvalue weighted by atomic mass is 9.85. The smallest absolute Gasteiger partial charge is 0.457 e. The number of hydrogen-bond acceptors (Lipinski definition) is 11. The summed E-state index contributed by atoms with van der Waals surface area (Å²) in [5, 5.41) is 50.3. The lowest BCUT2D eigenvalue weighted by Crippen LogP contribution is -2.64. The topological polar surface area (TPSA) is 192 Å². The summed E-state index contributed by atoms with van der Waals surface area (Å²) >= 11 is 0. The van der Waals surface area contributed by atoms with Crippen molar-refractivity contribution in [1.29, 1.82) is 0 Å². The molecular formula is C52H97O12P. The van der Waals surface area contributed by atoms with Gasteiger partial charge in [-0.25, -0.2) is 4.57 Å². The van der Waals surface area contributed by atoms with E-state index in [0.29, 0.717) is 13.0 Å². The average Bonchev–Trinajstić information content (AvgIpc) is 3.29. The minimum atomic E-state index is -5.02. The van der Waals surface area contributed by atoms with E-state index in [0.717, 1.165) is 77.0 Å². The summed E-state index contributed by atoms with van der Waals surface area (Å²) in [5.41, 5.74) is 0. The lowest BCUT2D eigenvalue weighted by molar-refractivity contribution is -0.220. The molecule has 1 aliphatic rings. The second-order valence-corrected chi connectivity index (χ2v) is 19.8. The van der Waals surface area contributed by atoms with E-state index in [4.69, 9.17) is 18.5 Å². The van der Waals surface area contributed by atoms with Crippen molar-refractivity contribution in [2.24, 2.45) is 0 Å². The van der Waals surface area contributed by atoms with E-state index in [1.54, 1.807) is 0 Å². The molecule has 13 heteroatoms. The van der Waals surface area contributed by atoms with E-state index in [1.165, 1.54) is 122 Å². The van der Waals surface area contributed by atoms with Crippen LogP contribution in [0.2, 0.25) is 0 Å². The van der Waals surface area contributed by atoms with Gasteiger partial charge in [0, 0.05) is 13.0 Å². The van der Waals surface area contributed by atoms with Gasteiger partial charge in [0.25, 0.3) is 0 Å². The molecule has 0 saturated heterocycles. The number of allylic oxidation sites excluding steroid dienone is 6. The summed E-state index contributed by atoms with van der Waals surface area (Å²) in [7, 11) is -5.02. The molecule has 1 fully saturated rings. The Balaban J connectivity index is 2.32. The predicted molar refractivity (Wildman–Crippen MR) is 263 cm³/mol. The van der Waals surface area contributed by atoms with E-state index >= 15 is 0 Å².